The lowest BCUT2D eigenvalue weighted by Crippen LogP contribution is -2.50. The van der Waals surface area contributed by atoms with Crippen LogP contribution in [0.3, 0.4) is 0 Å². The molecule has 1 N–H and O–H groups in total. The number of benzene rings is 1. The molecule has 24 heavy (non-hydrogen) atoms. The van der Waals surface area contributed by atoms with Gasteiger partial charge in [-0.1, -0.05) is 25.5 Å². The van der Waals surface area contributed by atoms with Crippen molar-refractivity contribution in [3.63, 3.8) is 0 Å². The van der Waals surface area contributed by atoms with Gasteiger partial charge in [-0.3, -0.25) is 4.79 Å². The van der Waals surface area contributed by atoms with Crippen LogP contribution in [-0.2, 0) is 11.3 Å². The van der Waals surface area contributed by atoms with Crippen LogP contribution in [0.2, 0.25) is 0 Å². The van der Waals surface area contributed by atoms with Crippen LogP contribution in [0.25, 0.3) is 0 Å². The Kier molecular flexibility index (Phi) is 6.10. The van der Waals surface area contributed by atoms with Crippen molar-refractivity contribution < 1.29 is 22.7 Å². The zero-order valence-electron chi connectivity index (χ0n) is 13.9. The van der Waals surface area contributed by atoms with Gasteiger partial charge >= 0.3 is 6.36 Å². The van der Waals surface area contributed by atoms with Gasteiger partial charge in [0, 0.05) is 32.6 Å². The van der Waals surface area contributed by atoms with Crippen molar-refractivity contribution in [3.05, 3.63) is 29.8 Å². The molecule has 134 valence electrons. The van der Waals surface area contributed by atoms with Crippen LogP contribution in [0.4, 0.5) is 13.2 Å². The Morgan fingerprint density at radius 3 is 2.79 bits per heavy atom. The summed E-state index contributed by atoms with van der Waals surface area (Å²) in [6, 6.07) is 6.25. The van der Waals surface area contributed by atoms with Gasteiger partial charge in [-0.15, -0.1) is 13.2 Å². The lowest BCUT2D eigenvalue weighted by molar-refractivity contribution is -0.274. The lowest BCUT2D eigenvalue weighted by Gasteiger charge is -2.38. The molecule has 0 spiro atoms. The number of ether oxygens (including phenoxy) is 1. The van der Waals surface area contributed by atoms with E-state index >= 15 is 0 Å². The third kappa shape index (κ3) is 5.40. The Balaban J connectivity index is 1.93. The van der Waals surface area contributed by atoms with Gasteiger partial charge in [-0.25, -0.2) is 0 Å². The van der Waals surface area contributed by atoms with Gasteiger partial charge in [0.15, 0.2) is 0 Å². The number of hydrogen-bond donors (Lipinski definition) is 1. The number of hydrogen-bond acceptors (Lipinski definition) is 3. The number of likely N-dealkylation sites (tertiary alicyclic amines) is 1. The molecule has 0 radical (unpaired) electrons. The van der Waals surface area contributed by atoms with E-state index in [1.165, 1.54) is 12.1 Å². The molecule has 1 aromatic rings. The first-order valence-corrected chi connectivity index (χ1v) is 8.12. The molecule has 2 atom stereocenters. The smallest absolute Gasteiger partial charge is 0.406 e. The Bertz CT molecular complexity index is 563. The number of rotatable bonds is 5. The average Bonchev–Trinajstić information content (AvgIpc) is 2.51. The average molecular weight is 344 g/mol. The highest BCUT2D eigenvalue weighted by molar-refractivity contribution is 5.73. The molecule has 0 saturated carbocycles. The van der Waals surface area contributed by atoms with Crippen molar-refractivity contribution in [2.75, 3.05) is 13.1 Å². The van der Waals surface area contributed by atoms with Crippen LogP contribution in [-0.4, -0.2) is 36.3 Å². The molecule has 2 unspecified atom stereocenters. The van der Waals surface area contributed by atoms with E-state index < -0.39 is 6.36 Å². The zero-order valence-corrected chi connectivity index (χ0v) is 13.9. The number of carbonyl (C=O) groups is 1. The van der Waals surface area contributed by atoms with Gasteiger partial charge in [0.05, 0.1) is 0 Å². The molecular weight excluding hydrogens is 321 g/mol. The van der Waals surface area contributed by atoms with E-state index in [2.05, 4.69) is 17.0 Å². The highest BCUT2D eigenvalue weighted by Gasteiger charge is 2.31. The topological polar surface area (TPSA) is 41.6 Å². The largest absolute Gasteiger partial charge is 0.573 e. The molecule has 1 amide bonds. The van der Waals surface area contributed by atoms with Crippen LogP contribution in [0.5, 0.6) is 5.75 Å². The second-order valence-electron chi connectivity index (χ2n) is 6.10. The first-order valence-electron chi connectivity index (χ1n) is 8.12. The maximum Gasteiger partial charge on any atom is 0.573 e. The number of piperidine rings is 1. The predicted molar refractivity (Wildman–Crippen MR) is 84.4 cm³/mol. The Morgan fingerprint density at radius 1 is 1.42 bits per heavy atom. The summed E-state index contributed by atoms with van der Waals surface area (Å²) in [6.45, 7) is 5.56. The number of nitrogens with one attached hydrogen (secondary N) is 1. The van der Waals surface area contributed by atoms with Crippen LogP contribution in [0, 0.1) is 5.92 Å². The Hall–Kier alpha value is -1.76. The number of nitrogens with zero attached hydrogens (tertiary/aromatic N) is 1. The molecule has 0 bridgehead atoms. The fraction of sp³-hybridized carbons (Fsp3) is 0.588. The summed E-state index contributed by atoms with van der Waals surface area (Å²) in [7, 11) is 0. The van der Waals surface area contributed by atoms with E-state index in [1.54, 1.807) is 19.1 Å². The van der Waals surface area contributed by atoms with Gasteiger partial charge in [0.25, 0.3) is 0 Å². The maximum atomic E-state index is 12.3. The van der Waals surface area contributed by atoms with Gasteiger partial charge in [-0.05, 0) is 30.0 Å². The van der Waals surface area contributed by atoms with Crippen molar-refractivity contribution in [2.45, 2.75) is 45.6 Å². The normalized spacial score (nSPS) is 21.6. The molecule has 1 fully saturated rings. The molecule has 1 saturated heterocycles. The standard InChI is InChI=1S/C17H23F3N2O2/c1-3-14-11-22(12(2)23)8-7-16(14)21-10-13-5-4-6-15(9-13)24-17(18,19)20/h4-6,9,14,16,21H,3,7-8,10-11H2,1-2H3. The van der Waals surface area contributed by atoms with Gasteiger partial charge < -0.3 is 15.0 Å². The molecule has 0 aliphatic carbocycles. The van der Waals surface area contributed by atoms with E-state index in [0.717, 1.165) is 24.9 Å². The zero-order chi connectivity index (χ0) is 17.7. The summed E-state index contributed by atoms with van der Waals surface area (Å²) in [5.41, 5.74) is 0.737. The molecule has 1 heterocycles. The first-order chi connectivity index (χ1) is 11.3. The summed E-state index contributed by atoms with van der Waals surface area (Å²) in [5.74, 6) is 0.224. The van der Waals surface area contributed by atoms with E-state index in [1.807, 2.05) is 4.90 Å². The van der Waals surface area contributed by atoms with Crippen LogP contribution >= 0.6 is 0 Å². The highest BCUT2D eigenvalue weighted by atomic mass is 19.4. The quantitative estimate of drug-likeness (QED) is 0.891. The first kappa shape index (κ1) is 18.6. The molecule has 7 heteroatoms. The second-order valence-corrected chi connectivity index (χ2v) is 6.10. The molecular formula is C17H23F3N2O2. The summed E-state index contributed by atoms with van der Waals surface area (Å²) in [5, 5.41) is 3.41. The number of alkyl halides is 3. The van der Waals surface area contributed by atoms with Crippen molar-refractivity contribution in [2.24, 2.45) is 5.92 Å². The van der Waals surface area contributed by atoms with E-state index in [9.17, 15) is 18.0 Å². The molecule has 2 rings (SSSR count). The fourth-order valence-corrected chi connectivity index (χ4v) is 3.10. The van der Waals surface area contributed by atoms with Crippen LogP contribution in [0.1, 0.15) is 32.3 Å². The van der Waals surface area contributed by atoms with E-state index in [0.29, 0.717) is 19.0 Å². The van der Waals surface area contributed by atoms with Gasteiger partial charge in [-0.2, -0.15) is 0 Å². The minimum absolute atomic E-state index is 0.0869. The highest BCUT2D eigenvalue weighted by Crippen LogP contribution is 2.24. The van der Waals surface area contributed by atoms with Crippen molar-refractivity contribution in [1.29, 1.82) is 0 Å². The van der Waals surface area contributed by atoms with Gasteiger partial charge in [0.1, 0.15) is 5.75 Å². The third-order valence-corrected chi connectivity index (χ3v) is 4.40. The SMILES string of the molecule is CCC1CN(C(C)=O)CCC1NCc1cccc(OC(F)(F)F)c1. The minimum atomic E-state index is -4.68. The van der Waals surface area contributed by atoms with E-state index in [-0.39, 0.29) is 17.7 Å². The Labute approximate surface area is 140 Å². The Morgan fingerprint density at radius 2 is 2.17 bits per heavy atom. The molecule has 0 aromatic heterocycles. The van der Waals surface area contributed by atoms with Crippen molar-refractivity contribution in [3.8, 4) is 5.75 Å². The van der Waals surface area contributed by atoms with Crippen molar-refractivity contribution in [1.82, 2.24) is 10.2 Å². The number of amides is 1. The third-order valence-electron chi connectivity index (χ3n) is 4.40. The molecule has 1 aliphatic rings. The maximum absolute atomic E-state index is 12.3. The molecule has 1 aromatic carbocycles. The summed E-state index contributed by atoms with van der Waals surface area (Å²) >= 11 is 0. The van der Waals surface area contributed by atoms with E-state index in [4.69, 9.17) is 0 Å². The van der Waals surface area contributed by atoms with Crippen LogP contribution < -0.4 is 10.1 Å². The van der Waals surface area contributed by atoms with Crippen LogP contribution in [0.15, 0.2) is 24.3 Å². The van der Waals surface area contributed by atoms with Crippen molar-refractivity contribution >= 4 is 5.91 Å². The number of carbonyl (C=O) groups excluding carboxylic acids is 1. The summed E-state index contributed by atoms with van der Waals surface area (Å²) in [4.78, 5) is 13.3. The fourth-order valence-electron chi connectivity index (χ4n) is 3.10. The molecule has 4 nitrogen and oxygen atoms in total. The monoisotopic (exact) mass is 344 g/mol. The lowest BCUT2D eigenvalue weighted by atomic mass is 9.89. The predicted octanol–water partition coefficient (Wildman–Crippen LogP) is 3.32. The number of halogens is 3. The molecule has 1 aliphatic heterocycles. The minimum Gasteiger partial charge on any atom is -0.406 e. The van der Waals surface area contributed by atoms with Gasteiger partial charge in [0.2, 0.25) is 5.91 Å². The summed E-state index contributed by atoms with van der Waals surface area (Å²) in [6.07, 6.45) is -2.89. The second kappa shape index (κ2) is 7.88. The summed E-state index contributed by atoms with van der Waals surface area (Å²) < 4.78 is 40.8.